The van der Waals surface area contributed by atoms with Crippen molar-refractivity contribution in [3.63, 3.8) is 0 Å². The van der Waals surface area contributed by atoms with Crippen molar-refractivity contribution in [2.75, 3.05) is 7.11 Å². The smallest absolute Gasteiger partial charge is 0.290 e. The number of ether oxygens (including phenoxy) is 1. The lowest BCUT2D eigenvalue weighted by molar-refractivity contribution is -0.130. The van der Waals surface area contributed by atoms with Gasteiger partial charge in [0.2, 0.25) is 5.78 Å². The molecule has 154 valence electrons. The molecule has 0 saturated heterocycles. The molecule has 4 rings (SSSR count). The highest BCUT2D eigenvalue weighted by Crippen LogP contribution is 2.43. The lowest BCUT2D eigenvalue weighted by Crippen LogP contribution is -2.30. The van der Waals surface area contributed by atoms with Crippen molar-refractivity contribution in [3.05, 3.63) is 80.9 Å². The quantitative estimate of drug-likeness (QED) is 0.598. The molecule has 3 aromatic rings. The normalized spacial score (nSPS) is 16.4. The van der Waals surface area contributed by atoms with Gasteiger partial charge in [-0.15, -0.1) is 11.3 Å². The number of carbonyl (C=O) groups excluding carboxylic acids is 2. The van der Waals surface area contributed by atoms with Crippen LogP contribution in [0, 0.1) is 13.8 Å². The van der Waals surface area contributed by atoms with Crippen LogP contribution in [0.4, 0.5) is 0 Å². The van der Waals surface area contributed by atoms with Crippen LogP contribution >= 0.6 is 11.3 Å². The van der Waals surface area contributed by atoms with Crippen LogP contribution in [-0.4, -0.2) is 33.8 Å². The highest BCUT2D eigenvalue weighted by Gasteiger charge is 2.45. The number of methoxy groups -OCH3 is 1. The van der Waals surface area contributed by atoms with Gasteiger partial charge in [0.05, 0.1) is 47.1 Å². The molecule has 1 aromatic carbocycles. The van der Waals surface area contributed by atoms with Gasteiger partial charge in [-0.05, 0) is 32.0 Å². The van der Waals surface area contributed by atoms with Gasteiger partial charge >= 0.3 is 0 Å². The first kappa shape index (κ1) is 19.9. The van der Waals surface area contributed by atoms with Crippen LogP contribution in [-0.2, 0) is 11.3 Å². The number of aliphatic hydroxyl groups is 1. The first-order valence-corrected chi connectivity index (χ1v) is 10.1. The van der Waals surface area contributed by atoms with E-state index in [9.17, 15) is 14.7 Å². The summed E-state index contributed by atoms with van der Waals surface area (Å²) in [6.07, 6.45) is 1.51. The van der Waals surface area contributed by atoms with Crippen LogP contribution in [0.2, 0.25) is 0 Å². The number of ketones is 1. The molecule has 3 heterocycles. The topological polar surface area (TPSA) is 92.9 Å². The standard InChI is InChI=1S/C22H20N2O5S/c1-12-21(30-13(2)23-12)19(25)17-18(15-8-4-5-9-16(15)28-3)24(22(27)20(17)26)11-14-7-6-10-29-14/h4-10,18,26H,11H2,1-3H3. The van der Waals surface area contributed by atoms with E-state index in [2.05, 4.69) is 4.98 Å². The Kier molecular flexibility index (Phi) is 5.17. The zero-order valence-electron chi connectivity index (χ0n) is 16.7. The predicted octanol–water partition coefficient (Wildman–Crippen LogP) is 4.14. The minimum atomic E-state index is -0.826. The van der Waals surface area contributed by atoms with E-state index in [1.807, 2.05) is 6.92 Å². The maximum Gasteiger partial charge on any atom is 0.290 e. The summed E-state index contributed by atoms with van der Waals surface area (Å²) in [5.41, 5.74) is 1.19. The van der Waals surface area contributed by atoms with Crippen LogP contribution in [0.25, 0.3) is 0 Å². The fourth-order valence-corrected chi connectivity index (χ4v) is 4.57. The van der Waals surface area contributed by atoms with E-state index < -0.39 is 23.5 Å². The third kappa shape index (κ3) is 3.29. The van der Waals surface area contributed by atoms with E-state index in [0.717, 1.165) is 5.01 Å². The van der Waals surface area contributed by atoms with E-state index >= 15 is 0 Å². The summed E-state index contributed by atoms with van der Waals surface area (Å²) in [7, 11) is 1.52. The van der Waals surface area contributed by atoms with Crippen molar-refractivity contribution >= 4 is 23.0 Å². The van der Waals surface area contributed by atoms with Crippen molar-refractivity contribution in [2.24, 2.45) is 0 Å². The SMILES string of the molecule is COc1ccccc1C1C(C(=O)c2sc(C)nc2C)=C(O)C(=O)N1Cc1ccco1. The number of aryl methyl sites for hydroxylation is 2. The summed E-state index contributed by atoms with van der Waals surface area (Å²) >= 11 is 1.24. The number of thiazole rings is 1. The molecule has 0 radical (unpaired) electrons. The summed E-state index contributed by atoms with van der Waals surface area (Å²) in [5.74, 6) is -0.564. The third-order valence-corrected chi connectivity index (χ3v) is 6.07. The Morgan fingerprint density at radius 2 is 2.03 bits per heavy atom. The average molecular weight is 424 g/mol. The van der Waals surface area contributed by atoms with Gasteiger partial charge in [0, 0.05) is 5.56 Å². The molecule has 1 N–H and O–H groups in total. The van der Waals surface area contributed by atoms with Crippen LogP contribution in [0.1, 0.15) is 37.7 Å². The van der Waals surface area contributed by atoms with Gasteiger partial charge in [0.25, 0.3) is 5.91 Å². The fraction of sp³-hybridized carbons (Fsp3) is 0.227. The zero-order valence-corrected chi connectivity index (χ0v) is 17.5. The first-order chi connectivity index (χ1) is 14.4. The number of aromatic nitrogens is 1. The molecule has 0 saturated carbocycles. The molecule has 30 heavy (non-hydrogen) atoms. The summed E-state index contributed by atoms with van der Waals surface area (Å²) in [5, 5.41) is 11.5. The molecular formula is C22H20N2O5S. The second-order valence-electron chi connectivity index (χ2n) is 6.90. The highest BCUT2D eigenvalue weighted by molar-refractivity contribution is 7.14. The molecule has 0 fully saturated rings. The number of para-hydroxylation sites is 1. The minimum absolute atomic E-state index is 0.0165. The number of aliphatic hydroxyl groups excluding tert-OH is 1. The molecule has 1 atom stereocenters. The molecule has 1 aliphatic rings. The van der Waals surface area contributed by atoms with Crippen molar-refractivity contribution < 1.29 is 23.8 Å². The Morgan fingerprint density at radius 1 is 1.27 bits per heavy atom. The summed E-state index contributed by atoms with van der Waals surface area (Å²) in [4.78, 5) is 32.6. The molecule has 0 spiro atoms. The van der Waals surface area contributed by atoms with Crippen molar-refractivity contribution in [1.29, 1.82) is 0 Å². The molecule has 1 aliphatic heterocycles. The Balaban J connectivity index is 1.86. The Morgan fingerprint density at radius 3 is 2.67 bits per heavy atom. The van der Waals surface area contributed by atoms with Crippen molar-refractivity contribution in [2.45, 2.75) is 26.4 Å². The molecule has 0 bridgehead atoms. The molecule has 2 aromatic heterocycles. The second-order valence-corrected chi connectivity index (χ2v) is 8.10. The maximum atomic E-state index is 13.5. The summed E-state index contributed by atoms with van der Waals surface area (Å²) in [6, 6.07) is 9.77. The maximum absolute atomic E-state index is 13.5. The van der Waals surface area contributed by atoms with Crippen LogP contribution < -0.4 is 4.74 Å². The summed E-state index contributed by atoms with van der Waals surface area (Å²) < 4.78 is 10.9. The van der Waals surface area contributed by atoms with E-state index in [-0.39, 0.29) is 12.1 Å². The van der Waals surface area contributed by atoms with Crippen LogP contribution in [0.3, 0.4) is 0 Å². The largest absolute Gasteiger partial charge is 0.503 e. The summed E-state index contributed by atoms with van der Waals surface area (Å²) in [6.45, 7) is 3.64. The number of hydrogen-bond acceptors (Lipinski definition) is 7. The van der Waals surface area contributed by atoms with E-state index in [1.54, 1.807) is 43.3 Å². The van der Waals surface area contributed by atoms with E-state index in [1.165, 1.54) is 29.6 Å². The lowest BCUT2D eigenvalue weighted by Gasteiger charge is -2.27. The van der Waals surface area contributed by atoms with Gasteiger partial charge in [-0.2, -0.15) is 0 Å². The first-order valence-electron chi connectivity index (χ1n) is 9.30. The van der Waals surface area contributed by atoms with Gasteiger partial charge in [0.15, 0.2) is 5.76 Å². The average Bonchev–Trinajstić information content (AvgIpc) is 3.43. The molecule has 8 heteroatoms. The van der Waals surface area contributed by atoms with Gasteiger partial charge in [-0.1, -0.05) is 18.2 Å². The number of nitrogens with zero attached hydrogens (tertiary/aromatic N) is 2. The Bertz CT molecular complexity index is 1150. The highest BCUT2D eigenvalue weighted by atomic mass is 32.1. The van der Waals surface area contributed by atoms with E-state index in [4.69, 9.17) is 9.15 Å². The second kappa shape index (κ2) is 7.79. The number of Topliss-reactive ketones (excluding diaryl/α,β-unsaturated/α-hetero) is 1. The molecule has 1 amide bonds. The Hall–Kier alpha value is -3.39. The van der Waals surface area contributed by atoms with Gasteiger partial charge < -0.3 is 19.2 Å². The molecule has 0 aliphatic carbocycles. The minimum Gasteiger partial charge on any atom is -0.503 e. The number of amides is 1. The van der Waals surface area contributed by atoms with Gasteiger partial charge in [0.1, 0.15) is 11.5 Å². The predicted molar refractivity (Wildman–Crippen MR) is 111 cm³/mol. The lowest BCUT2D eigenvalue weighted by atomic mass is 9.94. The van der Waals surface area contributed by atoms with Crippen LogP contribution in [0.5, 0.6) is 5.75 Å². The molecular weight excluding hydrogens is 404 g/mol. The number of benzene rings is 1. The van der Waals surface area contributed by atoms with Crippen molar-refractivity contribution in [3.8, 4) is 5.75 Å². The van der Waals surface area contributed by atoms with Gasteiger partial charge in [-0.25, -0.2) is 4.98 Å². The monoisotopic (exact) mass is 424 g/mol. The zero-order chi connectivity index (χ0) is 21.4. The van der Waals surface area contributed by atoms with Crippen LogP contribution in [0.15, 0.2) is 58.4 Å². The van der Waals surface area contributed by atoms with Crippen molar-refractivity contribution in [1.82, 2.24) is 9.88 Å². The molecule has 7 nitrogen and oxygen atoms in total. The third-order valence-electron chi connectivity index (χ3n) is 5.00. The fourth-order valence-electron chi connectivity index (χ4n) is 3.70. The Labute approximate surface area is 177 Å². The van der Waals surface area contributed by atoms with E-state index in [0.29, 0.717) is 27.6 Å². The number of rotatable bonds is 6. The molecule has 1 unspecified atom stereocenters. The number of carbonyl (C=O) groups is 2. The number of hydrogen-bond donors (Lipinski definition) is 1. The van der Waals surface area contributed by atoms with Gasteiger partial charge in [-0.3, -0.25) is 9.59 Å². The number of furan rings is 1.